The zero-order valence-corrected chi connectivity index (χ0v) is 11.2. The summed E-state index contributed by atoms with van der Waals surface area (Å²) in [5, 5.41) is 7.46. The third-order valence-corrected chi connectivity index (χ3v) is 3.49. The molecule has 0 bridgehead atoms. The molecule has 0 aromatic carbocycles. The van der Waals surface area contributed by atoms with Crippen molar-refractivity contribution in [2.45, 2.75) is 11.4 Å². The molecule has 0 saturated heterocycles. The van der Waals surface area contributed by atoms with Crippen LogP contribution in [0.2, 0.25) is 0 Å². The molecule has 11 heteroatoms. The first-order chi connectivity index (χ1) is 8.06. The van der Waals surface area contributed by atoms with Crippen LogP contribution in [0.3, 0.4) is 0 Å². The Labute approximate surface area is 112 Å². The van der Waals surface area contributed by atoms with E-state index in [0.29, 0.717) is 0 Å². The lowest BCUT2D eigenvalue weighted by molar-refractivity contribution is -0.276. The maximum absolute atomic E-state index is 12.1. The molecule has 1 rings (SSSR count). The summed E-state index contributed by atoms with van der Waals surface area (Å²) in [4.78, 5) is 3.17. The minimum Gasteiger partial charge on any atom is -0.401 e. The summed E-state index contributed by atoms with van der Waals surface area (Å²) in [6.45, 7) is 0. The van der Waals surface area contributed by atoms with E-state index < -0.39 is 30.7 Å². The van der Waals surface area contributed by atoms with Crippen molar-refractivity contribution in [1.82, 2.24) is 4.98 Å². The largest absolute Gasteiger partial charge is 0.573 e. The first-order valence-corrected chi connectivity index (χ1v) is 6.95. The second-order valence-corrected chi connectivity index (χ2v) is 5.99. The number of hydrogen-bond donors (Lipinski definition) is 0. The minimum atomic E-state index is -5.16. The maximum atomic E-state index is 12.1. The molecule has 18 heavy (non-hydrogen) atoms. The van der Waals surface area contributed by atoms with Crippen LogP contribution < -0.4 is 4.74 Å². The fourth-order valence-electron chi connectivity index (χ4n) is 0.910. The van der Waals surface area contributed by atoms with Gasteiger partial charge in [-0.3, -0.25) is 0 Å². The predicted molar refractivity (Wildman–Crippen MR) is 56.4 cm³/mol. The molecule has 1 aromatic rings. The molecule has 0 radical (unpaired) electrons. The number of pyridine rings is 1. The van der Waals surface area contributed by atoms with E-state index in [2.05, 4.69) is 25.7 Å². The molecule has 0 atom stereocenters. The molecule has 5 nitrogen and oxygen atoms in total. The number of halogens is 5. The SMILES string of the molecule is N#Cc1cnc(S(=O)(=O)Cl)c(OC(F)(F)F)c1Br. The Morgan fingerprint density at radius 1 is 1.50 bits per heavy atom. The van der Waals surface area contributed by atoms with Gasteiger partial charge >= 0.3 is 6.36 Å². The third-order valence-electron chi connectivity index (χ3n) is 1.51. The summed E-state index contributed by atoms with van der Waals surface area (Å²) in [6.07, 6.45) is -4.41. The number of rotatable bonds is 2. The molecule has 0 N–H and O–H groups in total. The standard InChI is InChI=1S/C7HBrClF3N2O3S/c8-4-3(1-13)2-14-6(18(9,15)16)5(4)17-7(10,11)12/h2H. The van der Waals surface area contributed by atoms with Crippen molar-refractivity contribution in [3.05, 3.63) is 16.2 Å². The molecular weight excluding hydrogens is 365 g/mol. The van der Waals surface area contributed by atoms with Gasteiger partial charge in [-0.2, -0.15) is 5.26 Å². The topological polar surface area (TPSA) is 80.0 Å². The summed E-state index contributed by atoms with van der Waals surface area (Å²) in [7, 11) is 0.362. The molecular formula is C7HBrClF3N2O3S. The predicted octanol–water partition coefficient (Wildman–Crippen LogP) is 2.54. The normalized spacial score (nSPS) is 12.0. The maximum Gasteiger partial charge on any atom is 0.573 e. The molecule has 0 spiro atoms. The van der Waals surface area contributed by atoms with Gasteiger partial charge in [-0.15, -0.1) is 13.2 Å². The van der Waals surface area contributed by atoms with Crippen molar-refractivity contribution in [1.29, 1.82) is 5.26 Å². The summed E-state index contributed by atoms with van der Waals surface area (Å²) < 4.78 is 61.5. The highest BCUT2D eigenvalue weighted by Crippen LogP contribution is 2.38. The Morgan fingerprint density at radius 2 is 2.06 bits per heavy atom. The van der Waals surface area contributed by atoms with Crippen LogP contribution in [0, 0.1) is 11.3 Å². The van der Waals surface area contributed by atoms with E-state index in [0.717, 1.165) is 6.20 Å². The van der Waals surface area contributed by atoms with E-state index in [1.165, 1.54) is 6.07 Å². The zero-order valence-electron chi connectivity index (χ0n) is 7.99. The van der Waals surface area contributed by atoms with Crippen LogP contribution in [-0.2, 0) is 9.05 Å². The number of nitrogens with zero attached hydrogens (tertiary/aromatic N) is 2. The van der Waals surface area contributed by atoms with Crippen molar-refractivity contribution in [3.63, 3.8) is 0 Å². The lowest BCUT2D eigenvalue weighted by Crippen LogP contribution is -2.19. The summed E-state index contributed by atoms with van der Waals surface area (Å²) in [5.41, 5.74) is -0.335. The van der Waals surface area contributed by atoms with E-state index in [1.54, 1.807) is 0 Å². The lowest BCUT2D eigenvalue weighted by atomic mass is 10.3. The molecule has 0 unspecified atom stereocenters. The fraction of sp³-hybridized carbons (Fsp3) is 0.143. The first-order valence-electron chi connectivity index (χ1n) is 3.85. The van der Waals surface area contributed by atoms with Gasteiger partial charge in [-0.05, 0) is 15.9 Å². The van der Waals surface area contributed by atoms with E-state index in [4.69, 9.17) is 15.9 Å². The van der Waals surface area contributed by atoms with Gasteiger partial charge in [0.1, 0.15) is 6.07 Å². The van der Waals surface area contributed by atoms with Crippen molar-refractivity contribution >= 4 is 35.7 Å². The monoisotopic (exact) mass is 364 g/mol. The van der Waals surface area contributed by atoms with E-state index in [-0.39, 0.29) is 5.56 Å². The van der Waals surface area contributed by atoms with Gasteiger partial charge in [0.2, 0.25) is 5.03 Å². The number of aromatic nitrogens is 1. The van der Waals surface area contributed by atoms with Crippen LogP contribution in [0.15, 0.2) is 15.7 Å². The molecule has 98 valence electrons. The van der Waals surface area contributed by atoms with Gasteiger partial charge in [0.05, 0.1) is 10.0 Å². The highest BCUT2D eigenvalue weighted by Gasteiger charge is 2.36. The Kier molecular flexibility index (Phi) is 4.09. The number of nitriles is 1. The van der Waals surface area contributed by atoms with E-state index >= 15 is 0 Å². The molecule has 0 aliphatic heterocycles. The van der Waals surface area contributed by atoms with Crippen LogP contribution in [0.5, 0.6) is 5.75 Å². The Balaban J connectivity index is 3.57. The first kappa shape index (κ1) is 15.0. The summed E-state index contributed by atoms with van der Waals surface area (Å²) in [6, 6.07) is 1.51. The van der Waals surface area contributed by atoms with Gasteiger partial charge in [-0.25, -0.2) is 13.4 Å². The van der Waals surface area contributed by atoms with Gasteiger partial charge in [0, 0.05) is 16.9 Å². The fourth-order valence-corrected chi connectivity index (χ4v) is 2.37. The molecule has 1 heterocycles. The summed E-state index contributed by atoms with van der Waals surface area (Å²) >= 11 is 2.63. The molecule has 0 fully saturated rings. The van der Waals surface area contributed by atoms with Gasteiger partial charge in [0.25, 0.3) is 9.05 Å². The number of ether oxygens (including phenoxy) is 1. The number of alkyl halides is 3. The highest BCUT2D eigenvalue weighted by molar-refractivity contribution is 9.10. The van der Waals surface area contributed by atoms with Gasteiger partial charge < -0.3 is 4.74 Å². The summed E-state index contributed by atoms with van der Waals surface area (Å²) in [5.74, 6) is -1.18. The second kappa shape index (κ2) is 4.91. The van der Waals surface area contributed by atoms with Crippen molar-refractivity contribution in [2.24, 2.45) is 0 Å². The minimum absolute atomic E-state index is 0.335. The Hall–Kier alpha value is -1.05. The van der Waals surface area contributed by atoms with E-state index in [1.807, 2.05) is 0 Å². The van der Waals surface area contributed by atoms with Crippen LogP contribution in [0.4, 0.5) is 13.2 Å². The van der Waals surface area contributed by atoms with Crippen LogP contribution in [0.25, 0.3) is 0 Å². The average Bonchev–Trinajstić information content (AvgIpc) is 2.17. The molecule has 0 aliphatic rings. The quantitative estimate of drug-likeness (QED) is 0.753. The van der Waals surface area contributed by atoms with Crippen LogP contribution in [-0.4, -0.2) is 19.8 Å². The van der Waals surface area contributed by atoms with Gasteiger partial charge in [-0.1, -0.05) is 0 Å². The molecule has 0 amide bonds. The van der Waals surface area contributed by atoms with Crippen molar-refractivity contribution in [3.8, 4) is 11.8 Å². The second-order valence-electron chi connectivity index (χ2n) is 2.72. The molecule has 1 aromatic heterocycles. The van der Waals surface area contributed by atoms with Crippen LogP contribution >= 0.6 is 26.6 Å². The van der Waals surface area contributed by atoms with Crippen LogP contribution in [0.1, 0.15) is 5.56 Å². The Morgan fingerprint density at radius 3 is 2.44 bits per heavy atom. The average molecular weight is 366 g/mol. The lowest BCUT2D eigenvalue weighted by Gasteiger charge is -2.13. The third kappa shape index (κ3) is 3.47. The number of hydrogen-bond acceptors (Lipinski definition) is 5. The van der Waals surface area contributed by atoms with Crippen molar-refractivity contribution < 1.29 is 26.3 Å². The van der Waals surface area contributed by atoms with Gasteiger partial charge in [0.15, 0.2) is 5.75 Å². The van der Waals surface area contributed by atoms with Crippen molar-refractivity contribution in [2.75, 3.05) is 0 Å². The Bertz CT molecular complexity index is 626. The molecule has 0 aliphatic carbocycles. The highest BCUT2D eigenvalue weighted by atomic mass is 79.9. The van der Waals surface area contributed by atoms with E-state index in [9.17, 15) is 21.6 Å². The smallest absolute Gasteiger partial charge is 0.401 e. The molecule has 0 saturated carbocycles. The zero-order chi connectivity index (χ0) is 14.1.